The Morgan fingerprint density at radius 2 is 1.89 bits per heavy atom. The fraction of sp³-hybridized carbons (Fsp3) is 0.200. The van der Waals surface area contributed by atoms with Gasteiger partial charge in [0.1, 0.15) is 0 Å². The second kappa shape index (κ2) is 6.66. The van der Waals surface area contributed by atoms with Gasteiger partial charge in [-0.05, 0) is 23.3 Å². The van der Waals surface area contributed by atoms with Gasteiger partial charge in [0, 0.05) is 26.0 Å². The lowest BCUT2D eigenvalue weighted by Crippen LogP contribution is -2.29. The van der Waals surface area contributed by atoms with E-state index in [2.05, 4.69) is 10.3 Å². The molecule has 1 amide bonds. The summed E-state index contributed by atoms with van der Waals surface area (Å²) in [6, 6.07) is 13.2. The highest BCUT2D eigenvalue weighted by atomic mass is 16.5. The van der Waals surface area contributed by atoms with Crippen molar-refractivity contribution in [1.82, 2.24) is 10.3 Å². The topological polar surface area (TPSA) is 51.2 Å². The van der Waals surface area contributed by atoms with Gasteiger partial charge in [0.15, 0.2) is 6.10 Å². The van der Waals surface area contributed by atoms with Gasteiger partial charge in [-0.3, -0.25) is 9.78 Å². The normalized spacial score (nSPS) is 11.8. The summed E-state index contributed by atoms with van der Waals surface area (Å²) in [6.07, 6.45) is 2.82. The van der Waals surface area contributed by atoms with Crippen molar-refractivity contribution in [2.45, 2.75) is 12.6 Å². The van der Waals surface area contributed by atoms with E-state index in [-0.39, 0.29) is 5.91 Å². The van der Waals surface area contributed by atoms with E-state index in [0.29, 0.717) is 6.54 Å². The quantitative estimate of drug-likeness (QED) is 0.891. The van der Waals surface area contributed by atoms with Gasteiger partial charge in [0.2, 0.25) is 0 Å². The first-order valence-corrected chi connectivity index (χ1v) is 6.05. The zero-order valence-electron chi connectivity index (χ0n) is 10.7. The van der Waals surface area contributed by atoms with Crippen LogP contribution < -0.4 is 5.32 Å². The van der Waals surface area contributed by atoms with Gasteiger partial charge in [-0.15, -0.1) is 0 Å². The third-order valence-electron chi connectivity index (χ3n) is 2.79. The molecule has 0 bridgehead atoms. The van der Waals surface area contributed by atoms with E-state index in [0.717, 1.165) is 11.1 Å². The molecule has 2 aromatic rings. The molecule has 4 heteroatoms. The molecular formula is C15H16N2O2. The first kappa shape index (κ1) is 13.2. The summed E-state index contributed by atoms with van der Waals surface area (Å²) in [7, 11) is 1.53. The molecule has 98 valence electrons. The van der Waals surface area contributed by atoms with Crippen molar-refractivity contribution in [2.75, 3.05) is 7.11 Å². The number of pyridine rings is 1. The van der Waals surface area contributed by atoms with Gasteiger partial charge in [-0.2, -0.15) is 0 Å². The molecule has 19 heavy (non-hydrogen) atoms. The lowest BCUT2D eigenvalue weighted by Gasteiger charge is -2.15. The van der Waals surface area contributed by atoms with E-state index in [4.69, 9.17) is 4.74 Å². The van der Waals surface area contributed by atoms with Gasteiger partial charge in [0.05, 0.1) is 0 Å². The lowest BCUT2D eigenvalue weighted by atomic mass is 10.1. The molecule has 0 aliphatic heterocycles. The predicted octanol–water partition coefficient (Wildman–Crippen LogP) is 2.09. The van der Waals surface area contributed by atoms with Crippen molar-refractivity contribution in [3.8, 4) is 0 Å². The van der Waals surface area contributed by atoms with E-state index in [1.54, 1.807) is 12.4 Å². The van der Waals surface area contributed by atoms with Crippen LogP contribution in [0.25, 0.3) is 0 Å². The molecule has 0 unspecified atom stereocenters. The van der Waals surface area contributed by atoms with Crippen molar-refractivity contribution in [3.05, 3.63) is 66.0 Å². The Labute approximate surface area is 112 Å². The van der Waals surface area contributed by atoms with Crippen molar-refractivity contribution < 1.29 is 9.53 Å². The van der Waals surface area contributed by atoms with Crippen molar-refractivity contribution in [3.63, 3.8) is 0 Å². The van der Waals surface area contributed by atoms with Crippen molar-refractivity contribution >= 4 is 5.91 Å². The third kappa shape index (κ3) is 3.63. The Hall–Kier alpha value is -2.20. The molecule has 0 radical (unpaired) electrons. The zero-order chi connectivity index (χ0) is 13.5. The highest BCUT2D eigenvalue weighted by molar-refractivity contribution is 5.82. The molecule has 0 saturated heterocycles. The van der Waals surface area contributed by atoms with E-state index in [9.17, 15) is 4.79 Å². The largest absolute Gasteiger partial charge is 0.367 e. The van der Waals surface area contributed by atoms with Crippen LogP contribution in [0, 0.1) is 0 Å². The minimum Gasteiger partial charge on any atom is -0.367 e. The van der Waals surface area contributed by atoms with Gasteiger partial charge < -0.3 is 10.1 Å². The number of carbonyl (C=O) groups is 1. The molecule has 0 aliphatic carbocycles. The molecular weight excluding hydrogens is 240 g/mol. The fourth-order valence-electron chi connectivity index (χ4n) is 1.80. The van der Waals surface area contributed by atoms with Crippen LogP contribution >= 0.6 is 0 Å². The number of nitrogens with one attached hydrogen (secondary N) is 1. The first-order chi connectivity index (χ1) is 9.31. The highest BCUT2D eigenvalue weighted by Crippen LogP contribution is 2.16. The lowest BCUT2D eigenvalue weighted by molar-refractivity contribution is -0.131. The summed E-state index contributed by atoms with van der Waals surface area (Å²) in [5.74, 6) is -0.148. The molecule has 4 nitrogen and oxygen atoms in total. The number of hydrogen-bond acceptors (Lipinski definition) is 3. The molecule has 0 saturated carbocycles. The smallest absolute Gasteiger partial charge is 0.254 e. The summed E-state index contributed by atoms with van der Waals surface area (Å²) in [4.78, 5) is 16.0. The van der Waals surface area contributed by atoms with Crippen molar-refractivity contribution in [1.29, 1.82) is 0 Å². The number of methoxy groups -OCH3 is 1. The highest BCUT2D eigenvalue weighted by Gasteiger charge is 2.19. The second-order valence-electron chi connectivity index (χ2n) is 4.10. The molecule has 0 spiro atoms. The molecule has 1 heterocycles. The monoisotopic (exact) mass is 256 g/mol. The number of hydrogen-bond donors (Lipinski definition) is 1. The zero-order valence-corrected chi connectivity index (χ0v) is 10.7. The number of nitrogens with zero attached hydrogens (tertiary/aromatic N) is 1. The minimum absolute atomic E-state index is 0.148. The molecule has 0 aliphatic rings. The minimum atomic E-state index is -0.581. The van der Waals surface area contributed by atoms with Crippen LogP contribution in [0.1, 0.15) is 17.2 Å². The van der Waals surface area contributed by atoms with Gasteiger partial charge >= 0.3 is 0 Å². The van der Waals surface area contributed by atoms with Gasteiger partial charge in [-0.1, -0.05) is 30.3 Å². The number of rotatable bonds is 5. The van der Waals surface area contributed by atoms with E-state index >= 15 is 0 Å². The molecule has 1 aromatic carbocycles. The maximum Gasteiger partial charge on any atom is 0.254 e. The number of aromatic nitrogens is 1. The predicted molar refractivity (Wildman–Crippen MR) is 72.3 cm³/mol. The number of amides is 1. The van der Waals surface area contributed by atoms with Gasteiger partial charge in [-0.25, -0.2) is 0 Å². The number of benzene rings is 1. The van der Waals surface area contributed by atoms with Crippen LogP contribution in [0.4, 0.5) is 0 Å². The fourth-order valence-corrected chi connectivity index (χ4v) is 1.80. The van der Waals surface area contributed by atoms with Gasteiger partial charge in [0.25, 0.3) is 5.91 Å². The van der Waals surface area contributed by atoms with E-state index in [1.807, 2.05) is 42.5 Å². The van der Waals surface area contributed by atoms with Crippen LogP contribution in [0.2, 0.25) is 0 Å². The van der Waals surface area contributed by atoms with Crippen LogP contribution in [0.3, 0.4) is 0 Å². The van der Waals surface area contributed by atoms with Crippen LogP contribution in [-0.4, -0.2) is 18.0 Å². The average molecular weight is 256 g/mol. The summed E-state index contributed by atoms with van der Waals surface area (Å²) < 4.78 is 5.26. The van der Waals surface area contributed by atoms with E-state index < -0.39 is 6.10 Å². The standard InChI is InChI=1S/C15H16N2O2/c1-19-14(13-5-3-2-4-6-13)15(18)17-11-12-7-9-16-10-8-12/h2-10,14H,11H2,1H3,(H,17,18)/t14-/m0/s1. The summed E-state index contributed by atoms with van der Waals surface area (Å²) in [5, 5.41) is 2.86. The van der Waals surface area contributed by atoms with E-state index in [1.165, 1.54) is 7.11 Å². The third-order valence-corrected chi connectivity index (χ3v) is 2.79. The average Bonchev–Trinajstić information content (AvgIpc) is 2.48. The number of ether oxygens (including phenoxy) is 1. The van der Waals surface area contributed by atoms with Crippen LogP contribution in [0.5, 0.6) is 0 Å². The Kier molecular flexibility index (Phi) is 4.64. The first-order valence-electron chi connectivity index (χ1n) is 6.05. The summed E-state index contributed by atoms with van der Waals surface area (Å²) in [6.45, 7) is 0.466. The van der Waals surface area contributed by atoms with Crippen LogP contribution in [0.15, 0.2) is 54.9 Å². The molecule has 0 fully saturated rings. The maximum atomic E-state index is 12.1. The summed E-state index contributed by atoms with van der Waals surface area (Å²) in [5.41, 5.74) is 1.85. The summed E-state index contributed by atoms with van der Waals surface area (Å²) >= 11 is 0. The second-order valence-corrected chi connectivity index (χ2v) is 4.10. The van der Waals surface area contributed by atoms with Crippen LogP contribution in [-0.2, 0) is 16.1 Å². The molecule has 1 N–H and O–H groups in total. The molecule has 1 atom stereocenters. The Balaban J connectivity index is 1.98. The molecule has 1 aromatic heterocycles. The maximum absolute atomic E-state index is 12.1. The van der Waals surface area contributed by atoms with Crippen molar-refractivity contribution in [2.24, 2.45) is 0 Å². The molecule has 2 rings (SSSR count). The Morgan fingerprint density at radius 1 is 1.21 bits per heavy atom. The number of carbonyl (C=O) groups excluding carboxylic acids is 1. The Morgan fingerprint density at radius 3 is 2.53 bits per heavy atom. The Bertz CT molecular complexity index is 514. The SMILES string of the molecule is CO[C@H](C(=O)NCc1ccncc1)c1ccccc1.